The number of hydrogen-bond acceptors (Lipinski definition) is 5. The molecular weight excluding hydrogens is 218 g/mol. The molecule has 7 heteroatoms. The Hall–Kier alpha value is -2.18. The molecular formula is C9H11NO6. The fraction of sp³-hybridized carbons (Fsp3) is 0.333. The van der Waals surface area contributed by atoms with E-state index in [1.807, 2.05) is 0 Å². The Morgan fingerprint density at radius 1 is 1.06 bits per heavy atom. The fourth-order valence-corrected chi connectivity index (χ4v) is 1.27. The zero-order chi connectivity index (χ0) is 12.3. The van der Waals surface area contributed by atoms with E-state index in [9.17, 15) is 9.59 Å². The lowest BCUT2D eigenvalue weighted by molar-refractivity contribution is 0.103. The van der Waals surface area contributed by atoms with Gasteiger partial charge in [0.2, 0.25) is 0 Å². The van der Waals surface area contributed by atoms with Gasteiger partial charge in [-0.1, -0.05) is 0 Å². The Morgan fingerprint density at radius 3 is 1.75 bits per heavy atom. The van der Waals surface area contributed by atoms with E-state index in [0.717, 1.165) is 0 Å². The largest absolute Gasteiger partial charge is 0.511 e. The van der Waals surface area contributed by atoms with Crippen LogP contribution in [-0.4, -0.2) is 22.5 Å². The topological polar surface area (TPSA) is 105 Å². The third-order valence-corrected chi connectivity index (χ3v) is 1.95. The van der Waals surface area contributed by atoms with Crippen molar-refractivity contribution in [3.05, 3.63) is 22.9 Å². The molecule has 0 bridgehead atoms. The molecule has 3 N–H and O–H groups in total. The van der Waals surface area contributed by atoms with Crippen molar-refractivity contribution in [2.75, 3.05) is 0 Å². The van der Waals surface area contributed by atoms with Crippen LogP contribution in [0.2, 0.25) is 0 Å². The van der Waals surface area contributed by atoms with Gasteiger partial charge in [-0.3, -0.25) is 0 Å². The van der Waals surface area contributed by atoms with Gasteiger partial charge in [0.1, 0.15) is 11.5 Å². The van der Waals surface area contributed by atoms with Crippen LogP contribution in [0.3, 0.4) is 0 Å². The zero-order valence-electron chi connectivity index (χ0n) is 8.73. The van der Waals surface area contributed by atoms with E-state index in [1.54, 1.807) is 13.8 Å². The van der Waals surface area contributed by atoms with E-state index < -0.39 is 12.3 Å². The van der Waals surface area contributed by atoms with Crippen LogP contribution in [0, 0.1) is 0 Å². The predicted octanol–water partition coefficient (Wildman–Crippen LogP) is 1.83. The lowest BCUT2D eigenvalue weighted by Gasteiger charge is -2.21. The predicted molar refractivity (Wildman–Crippen MR) is 51.4 cm³/mol. The van der Waals surface area contributed by atoms with Crippen molar-refractivity contribution in [2.24, 2.45) is 0 Å². The van der Waals surface area contributed by atoms with Gasteiger partial charge in [-0.2, -0.15) is 0 Å². The molecule has 0 radical (unpaired) electrons. The molecule has 0 saturated carbocycles. The number of hydrogen-bond donors (Lipinski definition) is 3. The first-order valence-electron chi connectivity index (χ1n) is 4.38. The Bertz CT molecular complexity index is 359. The van der Waals surface area contributed by atoms with Crippen molar-refractivity contribution in [2.45, 2.75) is 20.3 Å². The maximum atomic E-state index is 10.4. The maximum absolute atomic E-state index is 10.4. The molecule has 1 heterocycles. The lowest BCUT2D eigenvalue weighted by atomic mass is 10.1. The molecule has 0 unspecified atom stereocenters. The van der Waals surface area contributed by atoms with Gasteiger partial charge in [0.15, 0.2) is 0 Å². The van der Waals surface area contributed by atoms with Crippen molar-refractivity contribution in [3.8, 4) is 0 Å². The number of allylic oxidation sites excluding steroid dienone is 2. The van der Waals surface area contributed by atoms with Crippen molar-refractivity contribution >= 4 is 12.3 Å². The summed E-state index contributed by atoms with van der Waals surface area (Å²) in [5.41, 5.74) is 1.02. The summed E-state index contributed by atoms with van der Waals surface area (Å²) in [5, 5.41) is 19.7. The summed E-state index contributed by atoms with van der Waals surface area (Å²) in [5.74, 6) is 0.240. The molecule has 0 aliphatic carbocycles. The van der Waals surface area contributed by atoms with Crippen LogP contribution < -0.4 is 5.32 Å². The molecule has 16 heavy (non-hydrogen) atoms. The maximum Gasteiger partial charge on any atom is 0.511 e. The van der Waals surface area contributed by atoms with E-state index in [2.05, 4.69) is 14.8 Å². The lowest BCUT2D eigenvalue weighted by Crippen LogP contribution is -2.22. The molecule has 7 nitrogen and oxygen atoms in total. The van der Waals surface area contributed by atoms with Crippen LogP contribution in [0.4, 0.5) is 9.59 Å². The van der Waals surface area contributed by atoms with Gasteiger partial charge in [-0.05, 0) is 13.8 Å². The SMILES string of the molecule is CC1=C(OC(=O)O)CC(OC(=O)O)=C(C)N1. The normalized spacial score (nSPS) is 15.6. The number of nitrogens with one attached hydrogen (secondary N) is 1. The van der Waals surface area contributed by atoms with Crippen LogP contribution in [0.5, 0.6) is 0 Å². The number of carbonyl (C=O) groups is 2. The van der Waals surface area contributed by atoms with Gasteiger partial charge >= 0.3 is 12.3 Å². The molecule has 0 atom stereocenters. The summed E-state index contributed by atoms with van der Waals surface area (Å²) >= 11 is 0. The van der Waals surface area contributed by atoms with E-state index >= 15 is 0 Å². The Labute approximate surface area is 91.0 Å². The first-order valence-corrected chi connectivity index (χ1v) is 4.38. The molecule has 0 spiro atoms. The molecule has 0 aromatic rings. The molecule has 1 aliphatic heterocycles. The van der Waals surface area contributed by atoms with Crippen LogP contribution in [0.25, 0.3) is 0 Å². The highest BCUT2D eigenvalue weighted by atomic mass is 16.7. The van der Waals surface area contributed by atoms with E-state index in [1.165, 1.54) is 0 Å². The van der Waals surface area contributed by atoms with Crippen molar-refractivity contribution in [3.63, 3.8) is 0 Å². The summed E-state index contributed by atoms with van der Waals surface area (Å²) in [7, 11) is 0. The minimum Gasteiger partial charge on any atom is -0.449 e. The highest BCUT2D eigenvalue weighted by molar-refractivity contribution is 5.60. The second-order valence-corrected chi connectivity index (χ2v) is 3.13. The van der Waals surface area contributed by atoms with E-state index in [0.29, 0.717) is 11.4 Å². The van der Waals surface area contributed by atoms with Crippen LogP contribution in [0.15, 0.2) is 22.9 Å². The van der Waals surface area contributed by atoms with Crippen LogP contribution >= 0.6 is 0 Å². The third-order valence-electron chi connectivity index (χ3n) is 1.95. The average molecular weight is 229 g/mol. The number of carboxylic acid groups (broad SMARTS) is 2. The number of rotatable bonds is 2. The van der Waals surface area contributed by atoms with Crippen LogP contribution in [0.1, 0.15) is 20.3 Å². The first-order chi connectivity index (χ1) is 7.40. The quantitative estimate of drug-likeness (QED) is 0.620. The smallest absolute Gasteiger partial charge is 0.449 e. The second-order valence-electron chi connectivity index (χ2n) is 3.13. The Kier molecular flexibility index (Phi) is 3.39. The van der Waals surface area contributed by atoms with Gasteiger partial charge in [0, 0.05) is 0 Å². The Morgan fingerprint density at radius 2 is 1.44 bits per heavy atom. The summed E-state index contributed by atoms with van der Waals surface area (Å²) < 4.78 is 8.98. The molecule has 0 amide bonds. The van der Waals surface area contributed by atoms with E-state index in [4.69, 9.17) is 10.2 Å². The fourth-order valence-electron chi connectivity index (χ4n) is 1.27. The van der Waals surface area contributed by atoms with Gasteiger partial charge < -0.3 is 25.0 Å². The van der Waals surface area contributed by atoms with Crippen LogP contribution in [-0.2, 0) is 9.47 Å². The molecule has 88 valence electrons. The summed E-state index contributed by atoms with van der Waals surface area (Å²) in [6.07, 6.45) is -2.92. The molecule has 0 aromatic carbocycles. The highest BCUT2D eigenvalue weighted by Crippen LogP contribution is 2.24. The molecule has 1 rings (SSSR count). The molecule has 0 aromatic heterocycles. The zero-order valence-corrected chi connectivity index (χ0v) is 8.73. The second kappa shape index (κ2) is 4.56. The summed E-state index contributed by atoms with van der Waals surface area (Å²) in [4.78, 5) is 20.7. The number of dihydropyridines is 1. The summed E-state index contributed by atoms with van der Waals surface area (Å²) in [6, 6.07) is 0. The average Bonchev–Trinajstić information content (AvgIpc) is 2.11. The summed E-state index contributed by atoms with van der Waals surface area (Å²) in [6.45, 7) is 3.25. The monoisotopic (exact) mass is 229 g/mol. The molecule has 0 saturated heterocycles. The highest BCUT2D eigenvalue weighted by Gasteiger charge is 2.21. The molecule has 1 aliphatic rings. The van der Waals surface area contributed by atoms with Crippen molar-refractivity contribution < 1.29 is 29.3 Å². The van der Waals surface area contributed by atoms with Gasteiger partial charge in [-0.25, -0.2) is 9.59 Å². The van der Waals surface area contributed by atoms with Gasteiger partial charge in [0.25, 0.3) is 0 Å². The third kappa shape index (κ3) is 2.91. The minimum atomic E-state index is -1.45. The minimum absolute atomic E-state index is 0.0106. The first kappa shape index (κ1) is 11.9. The van der Waals surface area contributed by atoms with Crippen molar-refractivity contribution in [1.29, 1.82) is 0 Å². The van der Waals surface area contributed by atoms with E-state index in [-0.39, 0.29) is 17.9 Å². The van der Waals surface area contributed by atoms with Gasteiger partial charge in [0.05, 0.1) is 17.8 Å². The Balaban J connectivity index is 2.81. The van der Waals surface area contributed by atoms with Gasteiger partial charge in [-0.15, -0.1) is 0 Å². The number of ether oxygens (including phenoxy) is 2. The van der Waals surface area contributed by atoms with Crippen molar-refractivity contribution in [1.82, 2.24) is 5.32 Å². The standard InChI is InChI=1S/C9H11NO6/c1-4-6(15-8(11)12)3-7(5(2)10-4)16-9(13)14/h10H,3H2,1-2H3,(H,11,12)(H,13,14). The molecule has 0 fully saturated rings.